The van der Waals surface area contributed by atoms with Crippen molar-refractivity contribution >= 4 is 29.2 Å². The standard InChI is InChI=1S/C22H26N6O3/c1-15-14-20(26-16-4-8-18(30-2)9-5-16)28-21(25-15)23-12-13-24-22(29)27-17-6-10-19(31-3)11-7-17/h4-11,14H,12-13H2,1-3H3,(H2,24,27,29)(H2,23,25,26,28). The Morgan fingerprint density at radius 3 is 2.10 bits per heavy atom. The van der Waals surface area contributed by atoms with Gasteiger partial charge >= 0.3 is 6.03 Å². The Morgan fingerprint density at radius 2 is 1.48 bits per heavy atom. The van der Waals surface area contributed by atoms with Crippen LogP contribution < -0.4 is 30.7 Å². The van der Waals surface area contributed by atoms with Gasteiger partial charge in [-0.2, -0.15) is 4.98 Å². The Labute approximate surface area is 181 Å². The monoisotopic (exact) mass is 422 g/mol. The van der Waals surface area contributed by atoms with Crippen LogP contribution in [0.1, 0.15) is 5.69 Å². The summed E-state index contributed by atoms with van der Waals surface area (Å²) in [7, 11) is 3.23. The third kappa shape index (κ3) is 6.77. The topological polar surface area (TPSA) is 109 Å². The molecule has 9 nitrogen and oxygen atoms in total. The van der Waals surface area contributed by atoms with Crippen LogP contribution in [0.2, 0.25) is 0 Å². The van der Waals surface area contributed by atoms with Crippen LogP contribution in [0, 0.1) is 6.92 Å². The number of hydrogen-bond donors (Lipinski definition) is 4. The molecule has 0 spiro atoms. The van der Waals surface area contributed by atoms with Gasteiger partial charge in [0.1, 0.15) is 17.3 Å². The van der Waals surface area contributed by atoms with Gasteiger partial charge in [-0.05, 0) is 55.5 Å². The minimum atomic E-state index is -0.293. The van der Waals surface area contributed by atoms with E-state index in [2.05, 4.69) is 31.2 Å². The number of carbonyl (C=O) groups is 1. The van der Waals surface area contributed by atoms with Gasteiger partial charge in [-0.25, -0.2) is 9.78 Å². The lowest BCUT2D eigenvalue weighted by Gasteiger charge is -2.11. The number of carbonyl (C=O) groups excluding carboxylic acids is 1. The molecule has 0 radical (unpaired) electrons. The molecule has 0 bridgehead atoms. The number of aromatic nitrogens is 2. The van der Waals surface area contributed by atoms with Gasteiger partial charge in [0.15, 0.2) is 0 Å². The molecular weight excluding hydrogens is 396 g/mol. The van der Waals surface area contributed by atoms with E-state index in [1.807, 2.05) is 37.3 Å². The lowest BCUT2D eigenvalue weighted by molar-refractivity contribution is 0.252. The average molecular weight is 422 g/mol. The second-order valence-electron chi connectivity index (χ2n) is 6.61. The van der Waals surface area contributed by atoms with Crippen molar-refractivity contribution in [2.24, 2.45) is 0 Å². The fraction of sp³-hybridized carbons (Fsp3) is 0.227. The molecule has 0 saturated heterocycles. The van der Waals surface area contributed by atoms with Crippen molar-refractivity contribution in [3.05, 3.63) is 60.3 Å². The lowest BCUT2D eigenvalue weighted by Crippen LogP contribution is -2.32. The zero-order valence-corrected chi connectivity index (χ0v) is 17.7. The Hall–Kier alpha value is -4.01. The average Bonchev–Trinajstić information content (AvgIpc) is 2.77. The Morgan fingerprint density at radius 1 is 0.871 bits per heavy atom. The van der Waals surface area contributed by atoms with Crippen molar-refractivity contribution in [3.8, 4) is 11.5 Å². The van der Waals surface area contributed by atoms with Crippen LogP contribution in [0.4, 0.5) is 27.9 Å². The summed E-state index contributed by atoms with van der Waals surface area (Å²) in [5, 5.41) is 11.9. The number of ether oxygens (including phenoxy) is 2. The number of aryl methyl sites for hydroxylation is 1. The van der Waals surface area contributed by atoms with Gasteiger partial charge in [0, 0.05) is 36.2 Å². The van der Waals surface area contributed by atoms with Crippen molar-refractivity contribution < 1.29 is 14.3 Å². The summed E-state index contributed by atoms with van der Waals surface area (Å²) in [5.41, 5.74) is 2.39. The van der Waals surface area contributed by atoms with Gasteiger partial charge < -0.3 is 30.7 Å². The van der Waals surface area contributed by atoms with Gasteiger partial charge in [0.25, 0.3) is 0 Å². The van der Waals surface area contributed by atoms with E-state index in [-0.39, 0.29) is 6.03 Å². The zero-order valence-electron chi connectivity index (χ0n) is 17.7. The summed E-state index contributed by atoms with van der Waals surface area (Å²) in [6.45, 7) is 2.77. The van der Waals surface area contributed by atoms with Gasteiger partial charge in [-0.1, -0.05) is 0 Å². The number of urea groups is 1. The van der Waals surface area contributed by atoms with Crippen LogP contribution in [0.5, 0.6) is 11.5 Å². The van der Waals surface area contributed by atoms with Crippen molar-refractivity contribution in [2.75, 3.05) is 43.3 Å². The highest BCUT2D eigenvalue weighted by Crippen LogP contribution is 2.20. The second-order valence-corrected chi connectivity index (χ2v) is 6.61. The minimum absolute atomic E-state index is 0.293. The van der Waals surface area contributed by atoms with Gasteiger partial charge in [0.2, 0.25) is 5.95 Å². The molecular formula is C22H26N6O3. The molecule has 2 amide bonds. The molecule has 0 aliphatic heterocycles. The van der Waals surface area contributed by atoms with Crippen LogP contribution in [0.3, 0.4) is 0 Å². The molecule has 2 aromatic carbocycles. The molecule has 0 saturated carbocycles. The largest absolute Gasteiger partial charge is 0.497 e. The van der Waals surface area contributed by atoms with Gasteiger partial charge in [-0.15, -0.1) is 0 Å². The number of hydrogen-bond acceptors (Lipinski definition) is 7. The number of methoxy groups -OCH3 is 2. The fourth-order valence-corrected chi connectivity index (χ4v) is 2.73. The molecule has 0 atom stereocenters. The maximum atomic E-state index is 12.0. The highest BCUT2D eigenvalue weighted by molar-refractivity contribution is 5.89. The Balaban J connectivity index is 1.46. The van der Waals surface area contributed by atoms with Gasteiger partial charge in [0.05, 0.1) is 14.2 Å². The summed E-state index contributed by atoms with van der Waals surface area (Å²) >= 11 is 0. The van der Waals surface area contributed by atoms with E-state index in [1.54, 1.807) is 38.5 Å². The van der Waals surface area contributed by atoms with Crippen molar-refractivity contribution in [2.45, 2.75) is 6.92 Å². The normalized spacial score (nSPS) is 10.2. The minimum Gasteiger partial charge on any atom is -0.497 e. The van der Waals surface area contributed by atoms with Gasteiger partial charge in [-0.3, -0.25) is 0 Å². The van der Waals surface area contributed by atoms with Crippen molar-refractivity contribution in [3.63, 3.8) is 0 Å². The third-order valence-electron chi connectivity index (χ3n) is 4.26. The summed E-state index contributed by atoms with van der Waals surface area (Å²) in [6.07, 6.45) is 0. The summed E-state index contributed by atoms with van der Waals surface area (Å²) in [5.74, 6) is 2.67. The molecule has 0 fully saturated rings. The highest BCUT2D eigenvalue weighted by atomic mass is 16.5. The summed E-state index contributed by atoms with van der Waals surface area (Å²) < 4.78 is 10.3. The van der Waals surface area contributed by atoms with Crippen molar-refractivity contribution in [1.82, 2.24) is 15.3 Å². The van der Waals surface area contributed by atoms with E-state index in [9.17, 15) is 4.79 Å². The lowest BCUT2D eigenvalue weighted by atomic mass is 10.3. The third-order valence-corrected chi connectivity index (χ3v) is 4.26. The predicted molar refractivity (Wildman–Crippen MR) is 122 cm³/mol. The molecule has 1 heterocycles. The number of anilines is 4. The zero-order chi connectivity index (χ0) is 22.1. The SMILES string of the molecule is COc1ccc(NC(=O)NCCNc2nc(C)cc(Nc3ccc(OC)cc3)n2)cc1. The molecule has 0 aliphatic rings. The molecule has 162 valence electrons. The first-order valence-electron chi connectivity index (χ1n) is 9.75. The fourth-order valence-electron chi connectivity index (χ4n) is 2.73. The molecule has 9 heteroatoms. The highest BCUT2D eigenvalue weighted by Gasteiger charge is 2.05. The first-order chi connectivity index (χ1) is 15.1. The molecule has 3 aromatic rings. The molecule has 0 unspecified atom stereocenters. The molecule has 4 N–H and O–H groups in total. The molecule has 1 aromatic heterocycles. The maximum Gasteiger partial charge on any atom is 0.319 e. The van der Waals surface area contributed by atoms with E-state index < -0.39 is 0 Å². The van der Waals surface area contributed by atoms with Crippen LogP contribution in [-0.4, -0.2) is 43.3 Å². The van der Waals surface area contributed by atoms with Crippen LogP contribution in [0.25, 0.3) is 0 Å². The van der Waals surface area contributed by atoms with Crippen LogP contribution in [0.15, 0.2) is 54.6 Å². The molecule has 31 heavy (non-hydrogen) atoms. The number of nitrogens with one attached hydrogen (secondary N) is 4. The maximum absolute atomic E-state index is 12.0. The van der Waals surface area contributed by atoms with E-state index in [0.29, 0.717) is 30.5 Å². The first kappa shape index (κ1) is 21.7. The summed E-state index contributed by atoms with van der Waals surface area (Å²) in [4.78, 5) is 20.9. The molecule has 3 rings (SSSR count). The number of nitrogens with zero attached hydrogens (tertiary/aromatic N) is 2. The second kappa shape index (κ2) is 10.7. The van der Waals surface area contributed by atoms with Crippen molar-refractivity contribution in [1.29, 1.82) is 0 Å². The quantitative estimate of drug-likeness (QED) is 0.389. The number of rotatable bonds is 9. The summed E-state index contributed by atoms with van der Waals surface area (Å²) in [6, 6.07) is 16.2. The smallest absolute Gasteiger partial charge is 0.319 e. The van der Waals surface area contributed by atoms with E-state index >= 15 is 0 Å². The van der Waals surface area contributed by atoms with E-state index in [4.69, 9.17) is 9.47 Å². The first-order valence-corrected chi connectivity index (χ1v) is 9.75. The Bertz CT molecular complexity index is 993. The number of amides is 2. The van der Waals surface area contributed by atoms with Crippen LogP contribution >= 0.6 is 0 Å². The van der Waals surface area contributed by atoms with Crippen LogP contribution in [-0.2, 0) is 0 Å². The van der Waals surface area contributed by atoms with E-state index in [1.165, 1.54) is 0 Å². The Kier molecular flexibility index (Phi) is 7.47. The number of benzene rings is 2. The molecule has 0 aliphatic carbocycles. The van der Waals surface area contributed by atoms with E-state index in [0.717, 1.165) is 22.9 Å². The predicted octanol–water partition coefficient (Wildman–Crippen LogP) is 3.78.